The number of nitrogens with one attached hydrogen (secondary N) is 1. The normalized spacial score (nSPS) is 11.2. The Morgan fingerprint density at radius 1 is 0.769 bits per heavy atom. The van der Waals surface area contributed by atoms with E-state index in [0.717, 1.165) is 0 Å². The summed E-state index contributed by atoms with van der Waals surface area (Å²) in [4.78, 5) is 26.9. The first kappa shape index (κ1) is 24.5. The highest BCUT2D eigenvalue weighted by atomic mass is 16.7. The van der Waals surface area contributed by atoms with E-state index in [2.05, 4.69) is 10.2 Å². The quantitative estimate of drug-likeness (QED) is 0.249. The maximum absolute atomic E-state index is 11.3. The van der Waals surface area contributed by atoms with E-state index in [-0.39, 0.29) is 13.2 Å². The monoisotopic (exact) mass is 381 g/mol. The summed E-state index contributed by atoms with van der Waals surface area (Å²) in [5.74, 6) is -0.417. The van der Waals surface area contributed by atoms with Gasteiger partial charge in [-0.3, -0.25) is 4.84 Å². The summed E-state index contributed by atoms with van der Waals surface area (Å²) in [5, 5.41) is 0. The third-order valence-corrected chi connectivity index (χ3v) is 2.45. The summed E-state index contributed by atoms with van der Waals surface area (Å²) in [6.45, 7) is 8.08. The van der Waals surface area contributed by atoms with Crippen molar-refractivity contribution < 1.29 is 42.8 Å². The lowest BCUT2D eigenvalue weighted by molar-refractivity contribution is -0.146. The number of rotatable bonds is 15. The molecule has 154 valence electrons. The van der Waals surface area contributed by atoms with Crippen LogP contribution in [-0.4, -0.2) is 84.2 Å². The lowest BCUT2D eigenvalue weighted by Gasteiger charge is -2.19. The smallest absolute Gasteiger partial charge is 0.431 e. The molecule has 0 aromatic carbocycles. The number of esters is 1. The molecule has 10 nitrogen and oxygen atoms in total. The Morgan fingerprint density at radius 3 is 1.69 bits per heavy atom. The average molecular weight is 381 g/mol. The Kier molecular flexibility index (Phi) is 14.9. The number of methoxy groups -OCH3 is 1. The van der Waals surface area contributed by atoms with Gasteiger partial charge in [0.05, 0.1) is 60.0 Å². The van der Waals surface area contributed by atoms with Crippen LogP contribution in [0.15, 0.2) is 0 Å². The molecule has 0 aliphatic carbocycles. The molecule has 10 heteroatoms. The topological polar surface area (TPSA) is 111 Å². The van der Waals surface area contributed by atoms with Gasteiger partial charge in [0.2, 0.25) is 0 Å². The largest absolute Gasteiger partial charge is 0.467 e. The fourth-order valence-electron chi connectivity index (χ4n) is 1.38. The van der Waals surface area contributed by atoms with Gasteiger partial charge >= 0.3 is 12.1 Å². The van der Waals surface area contributed by atoms with Crippen molar-refractivity contribution >= 4 is 12.1 Å². The van der Waals surface area contributed by atoms with Gasteiger partial charge in [0.1, 0.15) is 12.2 Å². The Hall–Kier alpha value is -1.46. The standard InChI is InChI=1S/C16H31NO9/c1-16(2,3)26-15(19)17-25-12-11-23-8-7-21-5-6-22-9-10-24-13-14(18)20-4/h5-13H2,1-4H3,(H,17,19). The molecular formula is C16H31NO9. The lowest BCUT2D eigenvalue weighted by Crippen LogP contribution is -2.33. The van der Waals surface area contributed by atoms with E-state index in [9.17, 15) is 9.59 Å². The summed E-state index contributed by atoms with van der Waals surface area (Å²) >= 11 is 0. The molecule has 0 atom stereocenters. The summed E-state index contributed by atoms with van der Waals surface area (Å²) in [5.41, 5.74) is 1.60. The van der Waals surface area contributed by atoms with Crippen molar-refractivity contribution in [3.05, 3.63) is 0 Å². The van der Waals surface area contributed by atoms with Crippen LogP contribution in [0, 0.1) is 0 Å². The average Bonchev–Trinajstić information content (AvgIpc) is 2.56. The Morgan fingerprint density at radius 2 is 1.23 bits per heavy atom. The Balaban J connectivity index is 3.18. The minimum atomic E-state index is -0.642. The van der Waals surface area contributed by atoms with Crippen molar-refractivity contribution in [2.45, 2.75) is 26.4 Å². The zero-order chi connectivity index (χ0) is 19.7. The van der Waals surface area contributed by atoms with Crippen LogP contribution in [0.25, 0.3) is 0 Å². The summed E-state index contributed by atoms with van der Waals surface area (Å²) in [6.07, 6.45) is -0.642. The van der Waals surface area contributed by atoms with E-state index in [1.165, 1.54) is 7.11 Å². The van der Waals surface area contributed by atoms with E-state index in [4.69, 9.17) is 28.5 Å². The van der Waals surface area contributed by atoms with Crippen molar-refractivity contribution in [1.29, 1.82) is 0 Å². The first-order chi connectivity index (χ1) is 12.3. The molecule has 0 aliphatic rings. The predicted octanol–water partition coefficient (Wildman–Crippen LogP) is 0.682. The van der Waals surface area contributed by atoms with Gasteiger partial charge < -0.3 is 28.4 Å². The highest BCUT2D eigenvalue weighted by Crippen LogP contribution is 2.06. The molecule has 0 unspecified atom stereocenters. The minimum absolute atomic E-state index is 0.0787. The van der Waals surface area contributed by atoms with Gasteiger partial charge in [-0.1, -0.05) is 0 Å². The molecule has 0 radical (unpaired) electrons. The van der Waals surface area contributed by atoms with Crippen LogP contribution in [0.3, 0.4) is 0 Å². The maximum atomic E-state index is 11.3. The zero-order valence-electron chi connectivity index (χ0n) is 16.0. The van der Waals surface area contributed by atoms with Gasteiger partial charge in [-0.05, 0) is 20.8 Å². The predicted molar refractivity (Wildman–Crippen MR) is 90.6 cm³/mol. The van der Waals surface area contributed by atoms with Crippen LogP contribution in [0.5, 0.6) is 0 Å². The molecule has 0 bridgehead atoms. The summed E-state index contributed by atoms with van der Waals surface area (Å²) in [7, 11) is 1.30. The van der Waals surface area contributed by atoms with Gasteiger partial charge in [-0.15, -0.1) is 0 Å². The van der Waals surface area contributed by atoms with Crippen LogP contribution in [0.4, 0.5) is 4.79 Å². The van der Waals surface area contributed by atoms with Crippen LogP contribution in [0.2, 0.25) is 0 Å². The molecule has 0 rings (SSSR count). The zero-order valence-corrected chi connectivity index (χ0v) is 16.0. The minimum Gasteiger partial charge on any atom is -0.467 e. The number of hydroxylamine groups is 1. The van der Waals surface area contributed by atoms with Crippen molar-refractivity contribution in [2.24, 2.45) is 0 Å². The van der Waals surface area contributed by atoms with Crippen LogP contribution in [-0.2, 0) is 38.1 Å². The third kappa shape index (κ3) is 18.9. The number of amides is 1. The third-order valence-electron chi connectivity index (χ3n) is 2.45. The van der Waals surface area contributed by atoms with Crippen LogP contribution >= 0.6 is 0 Å². The summed E-state index contributed by atoms with van der Waals surface area (Å²) in [6, 6.07) is 0. The number of ether oxygens (including phenoxy) is 6. The van der Waals surface area contributed by atoms with E-state index in [0.29, 0.717) is 46.2 Å². The molecule has 26 heavy (non-hydrogen) atoms. The van der Waals surface area contributed by atoms with E-state index >= 15 is 0 Å². The lowest BCUT2D eigenvalue weighted by atomic mass is 10.2. The van der Waals surface area contributed by atoms with E-state index in [1.807, 2.05) is 0 Å². The van der Waals surface area contributed by atoms with Gasteiger partial charge in [0.25, 0.3) is 0 Å². The van der Waals surface area contributed by atoms with Crippen molar-refractivity contribution in [2.75, 3.05) is 66.6 Å². The molecule has 0 fully saturated rings. The molecule has 0 aliphatic heterocycles. The van der Waals surface area contributed by atoms with E-state index < -0.39 is 17.7 Å². The Bertz CT molecular complexity index is 371. The SMILES string of the molecule is COC(=O)COCCOCCOCCOCCONC(=O)OC(C)(C)C. The molecule has 1 amide bonds. The number of hydrogen-bond donors (Lipinski definition) is 1. The first-order valence-corrected chi connectivity index (χ1v) is 8.33. The molecule has 1 N–H and O–H groups in total. The van der Waals surface area contributed by atoms with Crippen molar-refractivity contribution in [3.63, 3.8) is 0 Å². The number of carbonyl (C=O) groups excluding carboxylic acids is 2. The first-order valence-electron chi connectivity index (χ1n) is 8.33. The fraction of sp³-hybridized carbons (Fsp3) is 0.875. The van der Waals surface area contributed by atoms with Crippen molar-refractivity contribution in [3.8, 4) is 0 Å². The molecule has 0 aromatic rings. The van der Waals surface area contributed by atoms with Gasteiger partial charge in [-0.2, -0.15) is 5.48 Å². The van der Waals surface area contributed by atoms with Crippen LogP contribution < -0.4 is 5.48 Å². The van der Waals surface area contributed by atoms with E-state index in [1.54, 1.807) is 20.8 Å². The summed E-state index contributed by atoms with van der Waals surface area (Å²) < 4.78 is 30.2. The number of carbonyl (C=O) groups is 2. The molecule has 0 saturated carbocycles. The second kappa shape index (κ2) is 15.8. The molecule has 0 saturated heterocycles. The highest BCUT2D eigenvalue weighted by Gasteiger charge is 2.15. The molecule has 0 heterocycles. The van der Waals surface area contributed by atoms with Crippen LogP contribution in [0.1, 0.15) is 20.8 Å². The molecular weight excluding hydrogens is 350 g/mol. The fourth-order valence-corrected chi connectivity index (χ4v) is 1.38. The second-order valence-corrected chi connectivity index (χ2v) is 5.92. The number of hydrogen-bond acceptors (Lipinski definition) is 9. The van der Waals surface area contributed by atoms with Crippen molar-refractivity contribution in [1.82, 2.24) is 5.48 Å². The highest BCUT2D eigenvalue weighted by molar-refractivity contribution is 5.70. The maximum Gasteiger partial charge on any atom is 0.431 e. The Labute approximate surface area is 154 Å². The molecule has 0 spiro atoms. The van der Waals surface area contributed by atoms with Gasteiger partial charge in [-0.25, -0.2) is 9.59 Å². The van der Waals surface area contributed by atoms with Gasteiger partial charge in [0.15, 0.2) is 0 Å². The second-order valence-electron chi connectivity index (χ2n) is 5.92. The van der Waals surface area contributed by atoms with Gasteiger partial charge in [0, 0.05) is 0 Å². The molecule has 0 aromatic heterocycles.